The first-order chi connectivity index (χ1) is 13.1. The third-order valence-electron chi connectivity index (χ3n) is 4.72. The van der Waals surface area contributed by atoms with E-state index in [1.807, 2.05) is 73.7 Å². The van der Waals surface area contributed by atoms with Crippen LogP contribution in [0, 0.1) is 0 Å². The summed E-state index contributed by atoms with van der Waals surface area (Å²) >= 11 is 0. The average molecular weight is 379 g/mol. The Morgan fingerprint density at radius 1 is 0.741 bits per heavy atom. The smallest absolute Gasteiger partial charge is 0.373 e. The summed E-state index contributed by atoms with van der Waals surface area (Å²) in [4.78, 5) is 0. The van der Waals surface area contributed by atoms with Crippen LogP contribution in [0.5, 0.6) is 0 Å². The maximum absolute atomic E-state index is 6.87. The van der Waals surface area contributed by atoms with Crippen LogP contribution in [0.15, 0.2) is 91.0 Å². The van der Waals surface area contributed by atoms with Crippen molar-refractivity contribution in [2.45, 2.75) is 19.4 Å². The van der Waals surface area contributed by atoms with E-state index < -0.39 is 14.4 Å². The van der Waals surface area contributed by atoms with Crippen LogP contribution in [-0.2, 0) is 18.9 Å². The molecule has 0 fully saturated rings. The highest BCUT2D eigenvalue weighted by atomic mass is 28.4. The van der Waals surface area contributed by atoms with Gasteiger partial charge in [-0.25, -0.2) is 0 Å². The number of rotatable bonds is 8. The van der Waals surface area contributed by atoms with Gasteiger partial charge in [0.25, 0.3) is 0 Å². The van der Waals surface area contributed by atoms with Gasteiger partial charge in [0.1, 0.15) is 5.60 Å². The quantitative estimate of drug-likeness (QED) is 0.540. The molecule has 0 spiro atoms. The fourth-order valence-electron chi connectivity index (χ4n) is 3.29. The predicted molar refractivity (Wildman–Crippen MR) is 111 cm³/mol. The zero-order valence-electron chi connectivity index (χ0n) is 16.1. The molecule has 0 aliphatic carbocycles. The Labute approximate surface area is 162 Å². The van der Waals surface area contributed by atoms with Crippen molar-refractivity contribution < 1.29 is 13.3 Å². The number of hydrogen-bond donors (Lipinski definition) is 0. The fraction of sp³-hybridized carbons (Fsp3) is 0.217. The van der Waals surface area contributed by atoms with Crippen molar-refractivity contribution in [3.8, 4) is 0 Å². The van der Waals surface area contributed by atoms with Gasteiger partial charge in [0.15, 0.2) is 0 Å². The van der Waals surface area contributed by atoms with E-state index in [0.29, 0.717) is 6.61 Å². The Hall–Kier alpha value is -2.24. The summed E-state index contributed by atoms with van der Waals surface area (Å²) < 4.78 is 19.1. The molecule has 0 aliphatic heterocycles. The van der Waals surface area contributed by atoms with Gasteiger partial charge in [-0.05, 0) is 25.0 Å². The van der Waals surface area contributed by atoms with E-state index >= 15 is 0 Å². The van der Waals surface area contributed by atoms with Gasteiger partial charge in [0.05, 0.1) is 0 Å². The van der Waals surface area contributed by atoms with Crippen LogP contribution in [-0.4, -0.2) is 22.5 Å². The van der Waals surface area contributed by atoms with E-state index in [0.717, 1.165) is 16.3 Å². The Balaban J connectivity index is 2.14. The lowest BCUT2D eigenvalue weighted by atomic mass is 9.88. The molecule has 3 aromatic carbocycles. The maximum atomic E-state index is 6.87. The molecule has 140 valence electrons. The second kappa shape index (κ2) is 8.63. The molecule has 0 bridgehead atoms. The van der Waals surface area contributed by atoms with Gasteiger partial charge < -0.3 is 13.3 Å². The van der Waals surface area contributed by atoms with Crippen LogP contribution >= 0.6 is 0 Å². The monoisotopic (exact) mass is 378 g/mol. The van der Waals surface area contributed by atoms with E-state index in [-0.39, 0.29) is 0 Å². The Bertz CT molecular complexity index is 785. The average Bonchev–Trinajstić information content (AvgIpc) is 2.75. The van der Waals surface area contributed by atoms with Gasteiger partial charge in [-0.2, -0.15) is 0 Å². The van der Waals surface area contributed by atoms with Crippen molar-refractivity contribution in [3.05, 3.63) is 102 Å². The molecule has 0 radical (unpaired) electrons. The highest BCUT2D eigenvalue weighted by Crippen LogP contribution is 2.36. The van der Waals surface area contributed by atoms with Crippen molar-refractivity contribution in [2.75, 3.05) is 13.7 Å². The molecule has 1 atom stereocenters. The largest absolute Gasteiger partial charge is 0.537 e. The van der Waals surface area contributed by atoms with Gasteiger partial charge >= 0.3 is 8.80 Å². The minimum atomic E-state index is -3.15. The Morgan fingerprint density at radius 3 is 1.59 bits per heavy atom. The summed E-state index contributed by atoms with van der Waals surface area (Å²) in [5, 5.41) is 0.951. The molecule has 0 aromatic heterocycles. The summed E-state index contributed by atoms with van der Waals surface area (Å²) in [6.45, 7) is 4.56. The van der Waals surface area contributed by atoms with Crippen LogP contribution in [0.25, 0.3) is 0 Å². The standard InChI is InChI=1S/C23H26O3Si/c1-4-25-27(24-3,22-18-12-7-13-19-22)26-23(2,20-14-8-5-9-15-20)21-16-10-6-11-17-21/h5-19H,4H2,1-3H3. The molecule has 4 heteroatoms. The number of hydrogen-bond acceptors (Lipinski definition) is 3. The molecule has 3 rings (SSSR count). The van der Waals surface area contributed by atoms with Crippen molar-refractivity contribution in [1.82, 2.24) is 0 Å². The molecular formula is C23H26O3Si. The Kier molecular flexibility index (Phi) is 6.24. The van der Waals surface area contributed by atoms with Crippen LogP contribution in [0.1, 0.15) is 25.0 Å². The molecule has 3 nitrogen and oxygen atoms in total. The minimum absolute atomic E-state index is 0.509. The molecule has 1 unspecified atom stereocenters. The third kappa shape index (κ3) is 4.04. The second-order valence-electron chi connectivity index (χ2n) is 6.43. The van der Waals surface area contributed by atoms with E-state index in [1.165, 1.54) is 0 Å². The lowest BCUT2D eigenvalue weighted by molar-refractivity contribution is 0.0179. The fourth-order valence-corrected chi connectivity index (χ4v) is 5.82. The summed E-state index contributed by atoms with van der Waals surface area (Å²) in [5.74, 6) is 0. The van der Waals surface area contributed by atoms with Crippen LogP contribution in [0.2, 0.25) is 0 Å². The molecule has 0 saturated carbocycles. The zero-order chi connectivity index (χ0) is 19.2. The van der Waals surface area contributed by atoms with E-state index in [9.17, 15) is 0 Å². The topological polar surface area (TPSA) is 27.7 Å². The van der Waals surface area contributed by atoms with Gasteiger partial charge in [0.2, 0.25) is 0 Å². The lowest BCUT2D eigenvalue weighted by Gasteiger charge is -2.39. The molecular weight excluding hydrogens is 352 g/mol. The molecule has 0 saturated heterocycles. The van der Waals surface area contributed by atoms with Crippen molar-refractivity contribution >= 4 is 14.0 Å². The number of benzene rings is 3. The summed E-state index contributed by atoms with van der Waals surface area (Å²) in [6, 6.07) is 30.4. The SMILES string of the molecule is CCO[Si](OC)(OC(C)(c1ccccc1)c1ccccc1)c1ccccc1. The minimum Gasteiger partial charge on any atom is -0.373 e. The van der Waals surface area contributed by atoms with Crippen LogP contribution in [0.3, 0.4) is 0 Å². The molecule has 3 aromatic rings. The van der Waals surface area contributed by atoms with Crippen molar-refractivity contribution in [1.29, 1.82) is 0 Å². The first-order valence-corrected chi connectivity index (χ1v) is 10.9. The summed E-state index contributed by atoms with van der Waals surface area (Å²) in [5.41, 5.74) is 1.40. The van der Waals surface area contributed by atoms with Crippen LogP contribution in [0.4, 0.5) is 0 Å². The molecule has 0 N–H and O–H groups in total. The highest BCUT2D eigenvalue weighted by molar-refractivity contribution is 6.75. The van der Waals surface area contributed by atoms with Crippen molar-refractivity contribution in [2.24, 2.45) is 0 Å². The van der Waals surface area contributed by atoms with Crippen LogP contribution < -0.4 is 5.19 Å². The van der Waals surface area contributed by atoms with E-state index in [2.05, 4.69) is 31.2 Å². The normalized spacial score (nSPS) is 13.9. The van der Waals surface area contributed by atoms with E-state index in [4.69, 9.17) is 13.3 Å². The lowest BCUT2D eigenvalue weighted by Crippen LogP contribution is -2.59. The van der Waals surface area contributed by atoms with Gasteiger partial charge in [-0.1, -0.05) is 91.0 Å². The first kappa shape index (κ1) is 19.5. The zero-order valence-corrected chi connectivity index (χ0v) is 17.1. The van der Waals surface area contributed by atoms with E-state index in [1.54, 1.807) is 7.11 Å². The molecule has 0 amide bonds. The van der Waals surface area contributed by atoms with Gasteiger partial charge in [0, 0.05) is 18.9 Å². The molecule has 0 heterocycles. The predicted octanol–water partition coefficient (Wildman–Crippen LogP) is 4.50. The summed E-state index contributed by atoms with van der Waals surface area (Å²) in [6.07, 6.45) is 0. The maximum Gasteiger partial charge on any atom is 0.537 e. The first-order valence-electron chi connectivity index (χ1n) is 9.20. The van der Waals surface area contributed by atoms with Gasteiger partial charge in [-0.15, -0.1) is 0 Å². The molecule has 0 aliphatic rings. The third-order valence-corrected chi connectivity index (χ3v) is 7.64. The summed E-state index contributed by atoms with van der Waals surface area (Å²) in [7, 11) is -1.47. The highest BCUT2D eigenvalue weighted by Gasteiger charge is 2.49. The van der Waals surface area contributed by atoms with Crippen molar-refractivity contribution in [3.63, 3.8) is 0 Å². The second-order valence-corrected chi connectivity index (χ2v) is 9.02. The van der Waals surface area contributed by atoms with Gasteiger partial charge in [-0.3, -0.25) is 0 Å². The Morgan fingerprint density at radius 2 is 1.19 bits per heavy atom. The molecule has 27 heavy (non-hydrogen) atoms.